The van der Waals surface area contributed by atoms with Crippen molar-refractivity contribution < 1.29 is 14.4 Å². The number of halogens is 2. The van der Waals surface area contributed by atoms with Gasteiger partial charge in [0.1, 0.15) is 6.33 Å². The first-order valence-electron chi connectivity index (χ1n) is 10.5. The van der Waals surface area contributed by atoms with Gasteiger partial charge < -0.3 is 5.32 Å². The molecule has 0 aliphatic carbocycles. The minimum absolute atomic E-state index is 0.166. The van der Waals surface area contributed by atoms with Crippen LogP contribution in [0.15, 0.2) is 42.9 Å². The summed E-state index contributed by atoms with van der Waals surface area (Å²) in [6.45, 7) is 3.91. The third-order valence-corrected chi connectivity index (χ3v) is 6.60. The summed E-state index contributed by atoms with van der Waals surface area (Å²) in [6, 6.07) is 9.05. The number of rotatable bonds is 5. The molecule has 3 aromatic rings. The van der Waals surface area contributed by atoms with Gasteiger partial charge in [-0.25, -0.2) is 9.97 Å². The summed E-state index contributed by atoms with van der Waals surface area (Å²) in [5.74, 6) is -1.45. The number of nitrogens with one attached hydrogen (secondary N) is 2. The second-order valence-electron chi connectivity index (χ2n) is 8.58. The van der Waals surface area contributed by atoms with Gasteiger partial charge in [-0.15, -0.1) is 0 Å². The Morgan fingerprint density at radius 3 is 2.61 bits per heavy atom. The third-order valence-electron chi connectivity index (χ3n) is 5.97. The van der Waals surface area contributed by atoms with Crippen molar-refractivity contribution in [2.45, 2.75) is 44.6 Å². The summed E-state index contributed by atoms with van der Waals surface area (Å²) in [5, 5.41) is 6.78. The van der Waals surface area contributed by atoms with Gasteiger partial charge in [0.15, 0.2) is 0 Å². The fourth-order valence-corrected chi connectivity index (χ4v) is 4.74. The summed E-state index contributed by atoms with van der Waals surface area (Å²) in [5.41, 5.74) is 2.05. The smallest absolute Gasteiger partial charge is 0.234 e. The number of hydrogen-bond donors (Lipinski definition) is 2. The molecule has 3 amide bonds. The van der Waals surface area contributed by atoms with Crippen LogP contribution in [0.3, 0.4) is 0 Å². The Bertz CT molecular complexity index is 1250. The predicted molar refractivity (Wildman–Crippen MR) is 126 cm³/mol. The Morgan fingerprint density at radius 2 is 1.91 bits per heavy atom. The Hall–Kier alpha value is -3.03. The molecular formula is C24H22Cl2N4O3. The van der Waals surface area contributed by atoms with Gasteiger partial charge in [-0.05, 0) is 55.7 Å². The molecule has 1 unspecified atom stereocenters. The molecule has 2 heterocycles. The Labute approximate surface area is 200 Å². The molecule has 0 bridgehead atoms. The van der Waals surface area contributed by atoms with Crippen LogP contribution in [0.5, 0.6) is 0 Å². The van der Waals surface area contributed by atoms with Crippen LogP contribution in [0.4, 0.5) is 0 Å². The number of aromatic nitrogens is 2. The van der Waals surface area contributed by atoms with E-state index in [1.165, 1.54) is 6.33 Å². The van der Waals surface area contributed by atoms with Gasteiger partial charge >= 0.3 is 0 Å². The zero-order chi connectivity index (χ0) is 23.8. The number of benzene rings is 2. The second-order valence-corrected chi connectivity index (χ2v) is 9.40. The summed E-state index contributed by atoms with van der Waals surface area (Å²) in [7, 11) is 0. The quantitative estimate of drug-likeness (QED) is 0.531. The lowest BCUT2D eigenvalue weighted by molar-refractivity contribution is -0.134. The van der Waals surface area contributed by atoms with Crippen molar-refractivity contribution >= 4 is 51.8 Å². The molecule has 9 heteroatoms. The number of amides is 3. The fourth-order valence-electron chi connectivity index (χ4n) is 3.95. The Balaban J connectivity index is 1.49. The first-order chi connectivity index (χ1) is 15.7. The molecule has 0 radical (unpaired) electrons. The van der Waals surface area contributed by atoms with E-state index in [1.54, 1.807) is 18.3 Å². The second kappa shape index (κ2) is 9.08. The summed E-state index contributed by atoms with van der Waals surface area (Å²) < 4.78 is 0. The van der Waals surface area contributed by atoms with Gasteiger partial charge in [-0.2, -0.15) is 0 Å². The van der Waals surface area contributed by atoms with Crippen molar-refractivity contribution in [3.63, 3.8) is 0 Å². The highest BCUT2D eigenvalue weighted by Crippen LogP contribution is 2.37. The zero-order valence-electron chi connectivity index (χ0n) is 18.1. The fraction of sp³-hybridized carbons (Fsp3) is 0.292. The monoisotopic (exact) mass is 484 g/mol. The molecule has 4 rings (SSSR count). The minimum Gasteiger partial charge on any atom is -0.351 e. The van der Waals surface area contributed by atoms with E-state index >= 15 is 0 Å². The van der Waals surface area contributed by atoms with Crippen LogP contribution in [0.25, 0.3) is 10.9 Å². The van der Waals surface area contributed by atoms with Gasteiger partial charge in [-0.1, -0.05) is 29.3 Å². The van der Waals surface area contributed by atoms with Gasteiger partial charge in [0.2, 0.25) is 17.7 Å². The summed E-state index contributed by atoms with van der Waals surface area (Å²) in [4.78, 5) is 44.9. The molecule has 1 atom stereocenters. The minimum atomic E-state index is -0.801. The molecule has 1 aliphatic heterocycles. The van der Waals surface area contributed by atoms with Crippen LogP contribution in [0.2, 0.25) is 10.0 Å². The van der Waals surface area contributed by atoms with Crippen LogP contribution in [0, 0.1) is 0 Å². The first kappa shape index (κ1) is 23.1. The maximum atomic E-state index is 13.0. The van der Waals surface area contributed by atoms with E-state index in [0.717, 1.165) is 16.5 Å². The van der Waals surface area contributed by atoms with E-state index in [4.69, 9.17) is 23.2 Å². The van der Waals surface area contributed by atoms with Crippen molar-refractivity contribution in [2.24, 2.45) is 0 Å². The molecule has 7 nitrogen and oxygen atoms in total. The van der Waals surface area contributed by atoms with E-state index < -0.39 is 17.2 Å². The van der Waals surface area contributed by atoms with Crippen molar-refractivity contribution in [3.05, 3.63) is 69.6 Å². The highest BCUT2D eigenvalue weighted by Gasteiger charge is 2.32. The number of carbonyl (C=O) groups excluding carboxylic acids is 3. The normalized spacial score (nSPS) is 16.5. The molecule has 0 spiro atoms. The predicted octanol–water partition coefficient (Wildman–Crippen LogP) is 4.05. The molecule has 2 N–H and O–H groups in total. The van der Waals surface area contributed by atoms with Crippen LogP contribution < -0.4 is 10.6 Å². The first-order valence-corrected chi connectivity index (χ1v) is 11.2. The Morgan fingerprint density at radius 1 is 1.18 bits per heavy atom. The van der Waals surface area contributed by atoms with Crippen LogP contribution in [0.1, 0.15) is 49.3 Å². The average molecular weight is 485 g/mol. The molecule has 1 saturated heterocycles. The molecular weight excluding hydrogens is 463 g/mol. The largest absolute Gasteiger partial charge is 0.351 e. The number of fused-ring (bicyclic) bond motifs is 1. The van der Waals surface area contributed by atoms with Crippen molar-refractivity contribution in [1.82, 2.24) is 20.6 Å². The van der Waals surface area contributed by atoms with Crippen molar-refractivity contribution in [3.8, 4) is 0 Å². The maximum absolute atomic E-state index is 13.0. The molecule has 33 heavy (non-hydrogen) atoms. The summed E-state index contributed by atoms with van der Waals surface area (Å²) in [6.07, 6.45) is 3.79. The van der Waals surface area contributed by atoms with Crippen LogP contribution in [-0.4, -0.2) is 27.7 Å². The summed E-state index contributed by atoms with van der Waals surface area (Å²) >= 11 is 12.9. The third kappa shape index (κ3) is 4.70. The lowest BCUT2D eigenvalue weighted by Gasteiger charge is -2.25. The molecule has 1 aromatic heterocycles. The van der Waals surface area contributed by atoms with Gasteiger partial charge in [0.25, 0.3) is 0 Å². The molecule has 170 valence electrons. The highest BCUT2D eigenvalue weighted by molar-refractivity contribution is 6.36. The highest BCUT2D eigenvalue weighted by atomic mass is 35.5. The number of imide groups is 1. The zero-order valence-corrected chi connectivity index (χ0v) is 19.6. The van der Waals surface area contributed by atoms with E-state index in [0.29, 0.717) is 27.6 Å². The maximum Gasteiger partial charge on any atom is 0.234 e. The lowest BCUT2D eigenvalue weighted by Crippen LogP contribution is -2.40. The number of hydrogen-bond acceptors (Lipinski definition) is 5. The van der Waals surface area contributed by atoms with Crippen LogP contribution >= 0.6 is 23.2 Å². The molecule has 2 aromatic carbocycles. The van der Waals surface area contributed by atoms with Crippen molar-refractivity contribution in [1.29, 1.82) is 0 Å². The number of nitrogens with zero attached hydrogens (tertiary/aromatic N) is 2. The molecule has 1 aliphatic rings. The average Bonchev–Trinajstić information content (AvgIpc) is 2.78. The van der Waals surface area contributed by atoms with Gasteiger partial charge in [-0.3, -0.25) is 19.7 Å². The molecule has 1 fully saturated rings. The number of piperidine rings is 1. The van der Waals surface area contributed by atoms with E-state index in [-0.39, 0.29) is 24.8 Å². The van der Waals surface area contributed by atoms with E-state index in [9.17, 15) is 14.4 Å². The van der Waals surface area contributed by atoms with Gasteiger partial charge in [0, 0.05) is 40.2 Å². The molecule has 0 saturated carbocycles. The topological polar surface area (TPSA) is 101 Å². The van der Waals surface area contributed by atoms with E-state index in [2.05, 4.69) is 20.6 Å². The number of carbonyl (C=O) groups is 3. The Kier molecular flexibility index (Phi) is 6.36. The van der Waals surface area contributed by atoms with E-state index in [1.807, 2.05) is 32.0 Å². The van der Waals surface area contributed by atoms with Gasteiger partial charge in [0.05, 0.1) is 16.8 Å². The standard InChI is InChI=1S/C24H22Cl2N4O3/c1-24(2,15-3-5-19-14(9-15)11-27-12-29-19)23(33)28-10-13-7-17(25)21(18(26)8-13)16-4-6-20(31)30-22(16)32/h3,5,7-9,11-12,16H,4,6,10H2,1-2H3,(H,28,33)(H,30,31,32). The van der Waals surface area contributed by atoms with Crippen LogP contribution in [-0.2, 0) is 26.3 Å². The SMILES string of the molecule is CC(C)(C(=O)NCc1cc(Cl)c(C2CCC(=O)NC2=O)c(Cl)c1)c1ccc2ncncc2c1. The van der Waals surface area contributed by atoms with Crippen molar-refractivity contribution in [2.75, 3.05) is 0 Å². The lowest BCUT2D eigenvalue weighted by atomic mass is 9.83.